The molecule has 0 aromatic heterocycles. The molecule has 5 nitrogen and oxygen atoms in total. The zero-order valence-corrected chi connectivity index (χ0v) is 12.4. The van der Waals surface area contributed by atoms with Crippen LogP contribution in [0.25, 0.3) is 0 Å². The minimum absolute atomic E-state index is 0.104. The summed E-state index contributed by atoms with van der Waals surface area (Å²) >= 11 is 0. The molecular formula is C14H17FN2O3S. The van der Waals surface area contributed by atoms with E-state index in [1.54, 1.807) is 11.0 Å². The van der Waals surface area contributed by atoms with Crippen molar-refractivity contribution >= 4 is 15.9 Å². The van der Waals surface area contributed by atoms with Crippen molar-refractivity contribution in [3.05, 3.63) is 35.1 Å². The molecule has 0 saturated carbocycles. The third-order valence-electron chi connectivity index (χ3n) is 4.05. The fourth-order valence-corrected chi connectivity index (χ4v) is 4.32. The van der Waals surface area contributed by atoms with E-state index < -0.39 is 10.0 Å². The fraction of sp³-hybridized carbons (Fsp3) is 0.500. The maximum Gasteiger partial charge on any atom is 0.238 e. The van der Waals surface area contributed by atoms with Gasteiger partial charge in [0.25, 0.3) is 0 Å². The summed E-state index contributed by atoms with van der Waals surface area (Å²) in [7, 11) is -3.26. The molecule has 1 fully saturated rings. The molecule has 7 heteroatoms. The van der Waals surface area contributed by atoms with Crippen molar-refractivity contribution < 1.29 is 17.6 Å². The third kappa shape index (κ3) is 2.94. The lowest BCUT2D eigenvalue weighted by atomic mass is 9.99. The minimum atomic E-state index is -3.26. The van der Waals surface area contributed by atoms with Crippen LogP contribution in [0.2, 0.25) is 0 Å². The van der Waals surface area contributed by atoms with Gasteiger partial charge in [-0.05, 0) is 36.1 Å². The Morgan fingerprint density at radius 3 is 2.76 bits per heavy atom. The lowest BCUT2D eigenvalue weighted by Gasteiger charge is -2.30. The smallest absolute Gasteiger partial charge is 0.238 e. The minimum Gasteiger partial charge on any atom is -0.337 e. The number of amides is 1. The Kier molecular flexibility index (Phi) is 3.71. The van der Waals surface area contributed by atoms with Crippen LogP contribution in [0, 0.1) is 5.82 Å². The van der Waals surface area contributed by atoms with Gasteiger partial charge in [-0.3, -0.25) is 4.79 Å². The Bertz CT molecular complexity index is 675. The van der Waals surface area contributed by atoms with Gasteiger partial charge in [0.15, 0.2) is 0 Å². The number of fused-ring (bicyclic) bond motifs is 1. The Hall–Kier alpha value is -1.47. The van der Waals surface area contributed by atoms with Gasteiger partial charge >= 0.3 is 0 Å². The normalized spacial score (nSPS) is 21.3. The summed E-state index contributed by atoms with van der Waals surface area (Å²) < 4.78 is 38.0. The van der Waals surface area contributed by atoms with Crippen LogP contribution in [0.15, 0.2) is 18.2 Å². The monoisotopic (exact) mass is 312 g/mol. The first-order valence-corrected chi connectivity index (χ1v) is 8.59. The van der Waals surface area contributed by atoms with E-state index in [0.717, 1.165) is 11.1 Å². The summed E-state index contributed by atoms with van der Waals surface area (Å²) in [5.41, 5.74) is 1.85. The van der Waals surface area contributed by atoms with Gasteiger partial charge < -0.3 is 4.90 Å². The van der Waals surface area contributed by atoms with E-state index in [0.29, 0.717) is 32.5 Å². The fourth-order valence-electron chi connectivity index (χ4n) is 2.86. The van der Waals surface area contributed by atoms with Gasteiger partial charge in [-0.25, -0.2) is 12.8 Å². The summed E-state index contributed by atoms with van der Waals surface area (Å²) in [5.74, 6) is -0.408. The Morgan fingerprint density at radius 2 is 2.05 bits per heavy atom. The molecule has 0 bridgehead atoms. The average molecular weight is 312 g/mol. The van der Waals surface area contributed by atoms with Gasteiger partial charge in [0.2, 0.25) is 15.9 Å². The predicted molar refractivity (Wildman–Crippen MR) is 75.5 cm³/mol. The maximum atomic E-state index is 13.3. The summed E-state index contributed by atoms with van der Waals surface area (Å²) in [4.78, 5) is 13.9. The van der Waals surface area contributed by atoms with Crippen LogP contribution in [0.5, 0.6) is 0 Å². The second-order valence-electron chi connectivity index (χ2n) is 5.48. The van der Waals surface area contributed by atoms with Crippen molar-refractivity contribution in [3.63, 3.8) is 0 Å². The molecule has 114 valence electrons. The molecule has 0 atom stereocenters. The van der Waals surface area contributed by atoms with Gasteiger partial charge in [0, 0.05) is 19.6 Å². The first-order chi connectivity index (χ1) is 9.95. The quantitative estimate of drug-likeness (QED) is 0.809. The number of rotatable bonds is 2. The highest BCUT2D eigenvalue weighted by molar-refractivity contribution is 7.89. The van der Waals surface area contributed by atoms with E-state index >= 15 is 0 Å². The summed E-state index contributed by atoms with van der Waals surface area (Å²) in [6.07, 6.45) is 1.25. The largest absolute Gasteiger partial charge is 0.337 e. The van der Waals surface area contributed by atoms with Crippen molar-refractivity contribution in [2.75, 3.05) is 25.4 Å². The number of hydrogen-bond donors (Lipinski definition) is 0. The Balaban J connectivity index is 1.70. The average Bonchev–Trinajstić information content (AvgIpc) is 2.77. The van der Waals surface area contributed by atoms with Gasteiger partial charge in [0.05, 0.1) is 12.3 Å². The number of nitrogens with zero attached hydrogens (tertiary/aromatic N) is 2. The van der Waals surface area contributed by atoms with Crippen LogP contribution in [0.3, 0.4) is 0 Å². The number of sulfonamides is 1. The number of carbonyl (C=O) groups is 1. The lowest BCUT2D eigenvalue weighted by Crippen LogP contribution is -2.43. The van der Waals surface area contributed by atoms with Gasteiger partial charge in [-0.2, -0.15) is 4.31 Å². The highest BCUT2D eigenvalue weighted by Gasteiger charge is 2.32. The van der Waals surface area contributed by atoms with Crippen LogP contribution in [-0.4, -0.2) is 48.9 Å². The van der Waals surface area contributed by atoms with Crippen molar-refractivity contribution in [3.8, 4) is 0 Å². The highest BCUT2D eigenvalue weighted by atomic mass is 32.2. The summed E-state index contributed by atoms with van der Waals surface area (Å²) in [6.45, 7) is 1.20. The molecule has 1 aromatic rings. The number of halogens is 1. The molecule has 1 saturated heterocycles. The highest BCUT2D eigenvalue weighted by Crippen LogP contribution is 2.21. The standard InChI is InChI=1S/C14H17FN2O3S/c15-13-3-2-11-4-6-16(9-12(11)8-13)14(18)10-17-5-1-7-21(17,19)20/h2-3,8H,1,4-7,9-10H2. The second kappa shape index (κ2) is 5.38. The molecule has 0 spiro atoms. The zero-order valence-electron chi connectivity index (χ0n) is 11.6. The number of carbonyl (C=O) groups excluding carboxylic acids is 1. The molecule has 0 unspecified atom stereocenters. The predicted octanol–water partition coefficient (Wildman–Crippen LogP) is 0.746. The molecule has 2 aliphatic rings. The van der Waals surface area contributed by atoms with Crippen LogP contribution in [0.1, 0.15) is 17.5 Å². The van der Waals surface area contributed by atoms with Crippen LogP contribution >= 0.6 is 0 Å². The summed E-state index contributed by atoms with van der Waals surface area (Å²) in [5, 5.41) is 0. The maximum absolute atomic E-state index is 13.3. The molecule has 2 heterocycles. The summed E-state index contributed by atoms with van der Waals surface area (Å²) in [6, 6.07) is 4.62. The van der Waals surface area contributed by atoms with E-state index in [-0.39, 0.29) is 24.0 Å². The zero-order chi connectivity index (χ0) is 15.0. The molecule has 1 aromatic carbocycles. The first kappa shape index (κ1) is 14.5. The van der Waals surface area contributed by atoms with Crippen LogP contribution < -0.4 is 0 Å². The van der Waals surface area contributed by atoms with Crippen molar-refractivity contribution in [2.45, 2.75) is 19.4 Å². The molecule has 1 amide bonds. The van der Waals surface area contributed by atoms with Gasteiger partial charge in [0.1, 0.15) is 5.82 Å². The molecule has 0 N–H and O–H groups in total. The Morgan fingerprint density at radius 1 is 1.24 bits per heavy atom. The van der Waals surface area contributed by atoms with Crippen molar-refractivity contribution in [1.29, 1.82) is 0 Å². The first-order valence-electron chi connectivity index (χ1n) is 6.98. The molecule has 0 aliphatic carbocycles. The third-order valence-corrected chi connectivity index (χ3v) is 5.95. The van der Waals surface area contributed by atoms with Crippen LogP contribution in [-0.2, 0) is 27.8 Å². The lowest BCUT2D eigenvalue weighted by molar-refractivity contribution is -0.132. The number of hydrogen-bond acceptors (Lipinski definition) is 3. The molecule has 2 aliphatic heterocycles. The van der Waals surface area contributed by atoms with Crippen molar-refractivity contribution in [1.82, 2.24) is 9.21 Å². The van der Waals surface area contributed by atoms with Gasteiger partial charge in [-0.1, -0.05) is 6.07 Å². The van der Waals surface area contributed by atoms with Crippen LogP contribution in [0.4, 0.5) is 4.39 Å². The SMILES string of the molecule is O=C(CN1CCCS1(=O)=O)N1CCc2ccc(F)cc2C1. The topological polar surface area (TPSA) is 57.7 Å². The molecule has 0 radical (unpaired) electrons. The Labute approximate surface area is 123 Å². The van der Waals surface area contributed by atoms with Crippen molar-refractivity contribution in [2.24, 2.45) is 0 Å². The van der Waals surface area contributed by atoms with E-state index in [1.165, 1.54) is 16.4 Å². The molecule has 3 rings (SSSR count). The molecular weight excluding hydrogens is 295 g/mol. The van der Waals surface area contributed by atoms with E-state index in [1.807, 2.05) is 0 Å². The van der Waals surface area contributed by atoms with Gasteiger partial charge in [-0.15, -0.1) is 0 Å². The number of benzene rings is 1. The van der Waals surface area contributed by atoms with E-state index in [9.17, 15) is 17.6 Å². The second-order valence-corrected chi connectivity index (χ2v) is 7.57. The van der Waals surface area contributed by atoms with E-state index in [4.69, 9.17) is 0 Å². The molecule has 21 heavy (non-hydrogen) atoms. The van der Waals surface area contributed by atoms with E-state index in [2.05, 4.69) is 0 Å².